The Morgan fingerprint density at radius 1 is 1.47 bits per heavy atom. The second kappa shape index (κ2) is 5.66. The molecule has 1 unspecified atom stereocenters. The number of nitrogens with two attached hydrogens (primary N) is 1. The van der Waals surface area contributed by atoms with Gasteiger partial charge in [-0.3, -0.25) is 4.79 Å². The van der Waals surface area contributed by atoms with E-state index in [4.69, 9.17) is 5.73 Å². The van der Waals surface area contributed by atoms with Crippen LogP contribution in [-0.4, -0.2) is 32.1 Å². The Hall–Kier alpha value is -1.47. The summed E-state index contributed by atoms with van der Waals surface area (Å²) in [6.45, 7) is 3.91. The molecule has 106 valence electrons. The first kappa shape index (κ1) is 15.6. The van der Waals surface area contributed by atoms with Gasteiger partial charge in [0, 0.05) is 12.8 Å². The van der Waals surface area contributed by atoms with E-state index in [1.54, 1.807) is 6.92 Å². The van der Waals surface area contributed by atoms with E-state index in [2.05, 4.69) is 10.3 Å². The number of amides is 1. The molecule has 0 aliphatic rings. The van der Waals surface area contributed by atoms with Gasteiger partial charge in [-0.1, -0.05) is 6.92 Å². The first-order chi connectivity index (χ1) is 8.73. The van der Waals surface area contributed by atoms with E-state index >= 15 is 0 Å². The Labute approximate surface area is 113 Å². The fraction of sp³-hybridized carbons (Fsp3) is 0.500. The highest BCUT2D eigenvalue weighted by Gasteiger charge is 2.29. The van der Waals surface area contributed by atoms with Crippen molar-refractivity contribution in [3.8, 4) is 0 Å². The van der Waals surface area contributed by atoms with E-state index in [-0.39, 0.29) is 17.5 Å². The SMILES string of the molecule is CCC(C)(CN)C(=O)Nc1ccc(S(C)(=O)=O)nc1. The van der Waals surface area contributed by atoms with Crippen LogP contribution in [0.5, 0.6) is 0 Å². The number of nitrogens with zero attached hydrogens (tertiary/aromatic N) is 1. The monoisotopic (exact) mass is 285 g/mol. The summed E-state index contributed by atoms with van der Waals surface area (Å²) in [4.78, 5) is 15.8. The first-order valence-electron chi connectivity index (χ1n) is 5.90. The lowest BCUT2D eigenvalue weighted by molar-refractivity contribution is -0.124. The van der Waals surface area contributed by atoms with Crippen molar-refractivity contribution in [3.05, 3.63) is 18.3 Å². The van der Waals surface area contributed by atoms with E-state index in [9.17, 15) is 13.2 Å². The summed E-state index contributed by atoms with van der Waals surface area (Å²) in [5.74, 6) is -0.202. The van der Waals surface area contributed by atoms with Gasteiger partial charge < -0.3 is 11.1 Å². The van der Waals surface area contributed by atoms with Crippen LogP contribution in [0.3, 0.4) is 0 Å². The molecule has 0 saturated carbocycles. The average Bonchev–Trinajstić information content (AvgIpc) is 2.37. The summed E-state index contributed by atoms with van der Waals surface area (Å²) in [6, 6.07) is 2.87. The second-order valence-electron chi connectivity index (χ2n) is 4.73. The average molecular weight is 285 g/mol. The number of anilines is 1. The third-order valence-corrected chi connectivity index (χ3v) is 4.15. The van der Waals surface area contributed by atoms with Gasteiger partial charge in [0.25, 0.3) is 0 Å². The van der Waals surface area contributed by atoms with Crippen LogP contribution in [-0.2, 0) is 14.6 Å². The van der Waals surface area contributed by atoms with Crippen molar-refractivity contribution in [2.45, 2.75) is 25.3 Å². The maximum Gasteiger partial charge on any atom is 0.231 e. The van der Waals surface area contributed by atoms with Gasteiger partial charge in [0.15, 0.2) is 14.9 Å². The Morgan fingerprint density at radius 3 is 2.47 bits per heavy atom. The Morgan fingerprint density at radius 2 is 2.11 bits per heavy atom. The zero-order valence-corrected chi connectivity index (χ0v) is 12.1. The number of nitrogens with one attached hydrogen (secondary N) is 1. The van der Waals surface area contributed by atoms with Crippen LogP contribution in [0, 0.1) is 5.41 Å². The molecule has 1 rings (SSSR count). The number of aromatic nitrogens is 1. The van der Waals surface area contributed by atoms with Gasteiger partial charge in [-0.15, -0.1) is 0 Å². The molecule has 1 aromatic rings. The van der Waals surface area contributed by atoms with E-state index in [0.29, 0.717) is 12.1 Å². The molecule has 0 fully saturated rings. The number of hydrogen-bond donors (Lipinski definition) is 2. The summed E-state index contributed by atoms with van der Waals surface area (Å²) in [5.41, 5.74) is 5.40. The second-order valence-corrected chi connectivity index (χ2v) is 6.69. The van der Waals surface area contributed by atoms with Crippen molar-refractivity contribution < 1.29 is 13.2 Å². The van der Waals surface area contributed by atoms with Gasteiger partial charge in [-0.2, -0.15) is 0 Å². The van der Waals surface area contributed by atoms with Gasteiger partial charge in [-0.25, -0.2) is 13.4 Å². The van der Waals surface area contributed by atoms with Crippen molar-refractivity contribution >= 4 is 21.4 Å². The molecule has 7 heteroatoms. The Kier molecular flexibility index (Phi) is 4.65. The van der Waals surface area contributed by atoms with E-state index in [1.165, 1.54) is 18.3 Å². The lowest BCUT2D eigenvalue weighted by Gasteiger charge is -2.24. The molecule has 19 heavy (non-hydrogen) atoms. The van der Waals surface area contributed by atoms with Crippen molar-refractivity contribution in [2.75, 3.05) is 18.1 Å². The van der Waals surface area contributed by atoms with Gasteiger partial charge in [-0.05, 0) is 25.5 Å². The van der Waals surface area contributed by atoms with Crippen LogP contribution in [0.25, 0.3) is 0 Å². The molecule has 1 amide bonds. The number of carbonyl (C=O) groups is 1. The van der Waals surface area contributed by atoms with Crippen molar-refractivity contribution in [1.29, 1.82) is 0 Å². The van der Waals surface area contributed by atoms with Crippen molar-refractivity contribution in [3.63, 3.8) is 0 Å². The van der Waals surface area contributed by atoms with Crippen LogP contribution >= 0.6 is 0 Å². The highest BCUT2D eigenvalue weighted by Crippen LogP contribution is 2.22. The van der Waals surface area contributed by atoms with Gasteiger partial charge in [0.2, 0.25) is 5.91 Å². The summed E-state index contributed by atoms with van der Waals surface area (Å²) >= 11 is 0. The molecule has 0 radical (unpaired) electrons. The minimum absolute atomic E-state index is 0.0254. The lowest BCUT2D eigenvalue weighted by Crippen LogP contribution is -2.39. The standard InChI is InChI=1S/C12H19N3O3S/c1-4-12(2,8-13)11(16)15-9-5-6-10(14-7-9)19(3,17)18/h5-7H,4,8,13H2,1-3H3,(H,15,16). The van der Waals surface area contributed by atoms with Crippen LogP contribution in [0.2, 0.25) is 0 Å². The number of sulfone groups is 1. The number of rotatable bonds is 5. The first-order valence-corrected chi connectivity index (χ1v) is 7.79. The fourth-order valence-electron chi connectivity index (χ4n) is 1.35. The molecule has 3 N–H and O–H groups in total. The zero-order valence-electron chi connectivity index (χ0n) is 11.3. The molecule has 1 heterocycles. The third kappa shape index (κ3) is 3.74. The molecule has 0 aliphatic heterocycles. The predicted molar refractivity (Wildman–Crippen MR) is 73.4 cm³/mol. The molecule has 0 spiro atoms. The molecule has 6 nitrogen and oxygen atoms in total. The minimum atomic E-state index is -3.33. The molecule has 1 aromatic heterocycles. The molecule has 0 saturated heterocycles. The highest BCUT2D eigenvalue weighted by atomic mass is 32.2. The van der Waals surface area contributed by atoms with Crippen LogP contribution in [0.4, 0.5) is 5.69 Å². The maximum absolute atomic E-state index is 12.0. The number of hydrogen-bond acceptors (Lipinski definition) is 5. The van der Waals surface area contributed by atoms with Gasteiger partial charge in [0.1, 0.15) is 0 Å². The smallest absolute Gasteiger partial charge is 0.231 e. The summed E-state index contributed by atoms with van der Waals surface area (Å²) < 4.78 is 22.5. The molecule has 0 aliphatic carbocycles. The summed E-state index contributed by atoms with van der Waals surface area (Å²) in [6.07, 6.45) is 3.02. The van der Waals surface area contributed by atoms with Crippen LogP contribution in [0.15, 0.2) is 23.4 Å². The Bertz CT molecular complexity index is 548. The zero-order chi connectivity index (χ0) is 14.7. The molecular formula is C12H19N3O3S. The quantitative estimate of drug-likeness (QED) is 0.833. The molecule has 0 aromatic carbocycles. The van der Waals surface area contributed by atoms with E-state index < -0.39 is 15.3 Å². The van der Waals surface area contributed by atoms with Crippen LogP contribution < -0.4 is 11.1 Å². The fourth-order valence-corrected chi connectivity index (χ4v) is 1.91. The summed E-state index contributed by atoms with van der Waals surface area (Å²) in [7, 11) is -3.33. The topological polar surface area (TPSA) is 102 Å². The molecule has 1 atom stereocenters. The number of carbonyl (C=O) groups excluding carboxylic acids is 1. The predicted octanol–water partition coefficient (Wildman–Crippen LogP) is 0.799. The van der Waals surface area contributed by atoms with Crippen LogP contribution in [0.1, 0.15) is 20.3 Å². The van der Waals surface area contributed by atoms with Crippen molar-refractivity contribution in [1.82, 2.24) is 4.98 Å². The van der Waals surface area contributed by atoms with Crippen molar-refractivity contribution in [2.24, 2.45) is 11.1 Å². The normalized spacial score (nSPS) is 14.7. The summed E-state index contributed by atoms with van der Waals surface area (Å²) in [5, 5.41) is 2.66. The van der Waals surface area contributed by atoms with Gasteiger partial charge >= 0.3 is 0 Å². The largest absolute Gasteiger partial charge is 0.329 e. The maximum atomic E-state index is 12.0. The molecular weight excluding hydrogens is 266 g/mol. The van der Waals surface area contributed by atoms with E-state index in [1.807, 2.05) is 6.92 Å². The molecule has 0 bridgehead atoms. The third-order valence-electron chi connectivity index (χ3n) is 3.15. The highest BCUT2D eigenvalue weighted by molar-refractivity contribution is 7.90. The lowest BCUT2D eigenvalue weighted by atomic mass is 9.86. The number of pyridine rings is 1. The minimum Gasteiger partial charge on any atom is -0.329 e. The van der Waals surface area contributed by atoms with Gasteiger partial charge in [0.05, 0.1) is 17.3 Å². The Balaban J connectivity index is 2.88. The van der Waals surface area contributed by atoms with E-state index in [0.717, 1.165) is 6.26 Å².